The molecule has 0 bridgehead atoms. The smallest absolute Gasteiger partial charge is 0.00965 e. The van der Waals surface area contributed by atoms with E-state index in [4.69, 9.17) is 0 Å². The first-order chi connectivity index (χ1) is 8.59. The van der Waals surface area contributed by atoms with Crippen LogP contribution in [0.25, 0.3) is 0 Å². The Morgan fingerprint density at radius 1 is 1.00 bits per heavy atom. The molecule has 1 aromatic rings. The van der Waals surface area contributed by atoms with Gasteiger partial charge in [0.1, 0.15) is 0 Å². The van der Waals surface area contributed by atoms with E-state index in [9.17, 15) is 0 Å². The van der Waals surface area contributed by atoms with Crippen molar-refractivity contribution in [2.24, 2.45) is 0 Å². The second kappa shape index (κ2) is 6.09. The second-order valence-electron chi connectivity index (χ2n) is 7.67. The lowest BCUT2D eigenvalue weighted by Gasteiger charge is -2.22. The lowest BCUT2D eigenvalue weighted by molar-refractivity contribution is 0.422. The van der Waals surface area contributed by atoms with Crippen molar-refractivity contribution in [3.8, 4) is 0 Å². The largest absolute Gasteiger partial charge is 0.312 e. The van der Waals surface area contributed by atoms with Gasteiger partial charge in [-0.15, -0.1) is 0 Å². The Kier molecular flexibility index (Phi) is 5.20. The van der Waals surface area contributed by atoms with Crippen LogP contribution in [0.15, 0.2) is 18.2 Å². The molecule has 19 heavy (non-hydrogen) atoms. The van der Waals surface area contributed by atoms with Crippen molar-refractivity contribution in [3.63, 3.8) is 0 Å². The van der Waals surface area contributed by atoms with E-state index in [-0.39, 0.29) is 11.0 Å². The van der Waals surface area contributed by atoms with Gasteiger partial charge in [0.25, 0.3) is 0 Å². The Morgan fingerprint density at radius 2 is 1.63 bits per heavy atom. The van der Waals surface area contributed by atoms with Crippen molar-refractivity contribution >= 4 is 0 Å². The molecule has 0 radical (unpaired) electrons. The summed E-state index contributed by atoms with van der Waals surface area (Å²) in [7, 11) is 0. The van der Waals surface area contributed by atoms with Crippen LogP contribution in [-0.2, 0) is 11.8 Å². The maximum atomic E-state index is 3.55. The van der Waals surface area contributed by atoms with E-state index in [0.29, 0.717) is 0 Å². The first-order valence-corrected chi connectivity index (χ1v) is 7.45. The number of hydrogen-bond acceptors (Lipinski definition) is 1. The minimum absolute atomic E-state index is 0.227. The van der Waals surface area contributed by atoms with Crippen LogP contribution in [0.5, 0.6) is 0 Å². The minimum Gasteiger partial charge on any atom is -0.312 e. The fourth-order valence-electron chi connectivity index (χ4n) is 2.19. The Hall–Kier alpha value is -0.820. The van der Waals surface area contributed by atoms with E-state index >= 15 is 0 Å². The Labute approximate surface area is 119 Å². The summed E-state index contributed by atoms with van der Waals surface area (Å²) in [6.07, 6.45) is 2.37. The third-order valence-corrected chi connectivity index (χ3v) is 3.49. The number of aryl methyl sites for hydroxylation is 2. The molecule has 0 atom stereocenters. The monoisotopic (exact) mass is 261 g/mol. The molecule has 1 rings (SSSR count). The van der Waals surface area contributed by atoms with Crippen molar-refractivity contribution in [2.75, 3.05) is 6.54 Å². The maximum absolute atomic E-state index is 3.55. The van der Waals surface area contributed by atoms with E-state index in [1.807, 2.05) is 0 Å². The lowest BCUT2D eigenvalue weighted by Crippen LogP contribution is -2.36. The van der Waals surface area contributed by atoms with Gasteiger partial charge in [-0.05, 0) is 69.2 Å². The van der Waals surface area contributed by atoms with Gasteiger partial charge in [-0.25, -0.2) is 0 Å². The van der Waals surface area contributed by atoms with Crippen molar-refractivity contribution < 1.29 is 0 Å². The molecule has 0 heterocycles. The summed E-state index contributed by atoms with van der Waals surface area (Å²) in [6, 6.07) is 6.96. The van der Waals surface area contributed by atoms with Crippen molar-refractivity contribution in [1.29, 1.82) is 0 Å². The molecular weight excluding hydrogens is 230 g/mol. The topological polar surface area (TPSA) is 12.0 Å². The van der Waals surface area contributed by atoms with Gasteiger partial charge in [-0.1, -0.05) is 39.0 Å². The fraction of sp³-hybridized carbons (Fsp3) is 0.667. The van der Waals surface area contributed by atoms with E-state index < -0.39 is 0 Å². The van der Waals surface area contributed by atoms with Crippen molar-refractivity contribution in [2.45, 2.75) is 72.3 Å². The molecule has 0 aliphatic heterocycles. The van der Waals surface area contributed by atoms with Crippen LogP contribution in [0.1, 0.15) is 64.7 Å². The normalized spacial score (nSPS) is 12.8. The fourth-order valence-corrected chi connectivity index (χ4v) is 2.19. The van der Waals surface area contributed by atoms with Crippen LogP contribution < -0.4 is 5.32 Å². The SMILES string of the molecule is Cc1cc(C(C)(C)C)ccc1CCCNC(C)(C)C. The molecule has 0 amide bonds. The third kappa shape index (κ3) is 5.78. The van der Waals surface area contributed by atoms with Crippen LogP contribution in [0.2, 0.25) is 0 Å². The molecule has 1 nitrogen and oxygen atoms in total. The van der Waals surface area contributed by atoms with Crippen LogP contribution in [0.3, 0.4) is 0 Å². The zero-order valence-corrected chi connectivity index (χ0v) is 13.9. The van der Waals surface area contributed by atoms with Gasteiger partial charge in [0.2, 0.25) is 0 Å². The number of rotatable bonds is 4. The molecule has 0 fully saturated rings. The molecule has 0 aliphatic carbocycles. The highest BCUT2D eigenvalue weighted by Crippen LogP contribution is 2.24. The van der Waals surface area contributed by atoms with Gasteiger partial charge in [0.05, 0.1) is 0 Å². The Balaban J connectivity index is 2.57. The summed E-state index contributed by atoms with van der Waals surface area (Å²) in [5.74, 6) is 0. The second-order valence-corrected chi connectivity index (χ2v) is 7.67. The average molecular weight is 261 g/mol. The van der Waals surface area contributed by atoms with Crippen molar-refractivity contribution in [3.05, 3.63) is 34.9 Å². The van der Waals surface area contributed by atoms with E-state index in [0.717, 1.165) is 6.54 Å². The maximum Gasteiger partial charge on any atom is 0.00965 e. The van der Waals surface area contributed by atoms with E-state index in [1.54, 1.807) is 0 Å². The van der Waals surface area contributed by atoms with Crippen LogP contribution in [0, 0.1) is 6.92 Å². The van der Waals surface area contributed by atoms with Crippen LogP contribution >= 0.6 is 0 Å². The highest BCUT2D eigenvalue weighted by molar-refractivity contribution is 5.34. The van der Waals surface area contributed by atoms with E-state index in [2.05, 4.69) is 72.0 Å². The molecule has 0 saturated carbocycles. The van der Waals surface area contributed by atoms with Gasteiger partial charge in [-0.2, -0.15) is 0 Å². The molecule has 0 unspecified atom stereocenters. The minimum atomic E-state index is 0.227. The first-order valence-electron chi connectivity index (χ1n) is 7.45. The molecule has 0 aliphatic rings. The summed E-state index contributed by atoms with van der Waals surface area (Å²) < 4.78 is 0. The summed E-state index contributed by atoms with van der Waals surface area (Å²) in [5, 5.41) is 3.55. The number of hydrogen-bond donors (Lipinski definition) is 1. The summed E-state index contributed by atoms with van der Waals surface area (Å²) in [4.78, 5) is 0. The molecule has 0 saturated heterocycles. The predicted molar refractivity (Wildman–Crippen MR) is 86.0 cm³/mol. The number of nitrogens with one attached hydrogen (secondary N) is 1. The summed E-state index contributed by atoms with van der Waals surface area (Å²) in [5.41, 5.74) is 4.83. The zero-order valence-electron chi connectivity index (χ0n) is 13.9. The quantitative estimate of drug-likeness (QED) is 0.780. The molecule has 1 N–H and O–H groups in total. The van der Waals surface area contributed by atoms with Gasteiger partial charge in [-0.3, -0.25) is 0 Å². The van der Waals surface area contributed by atoms with Gasteiger partial charge in [0.15, 0.2) is 0 Å². The van der Waals surface area contributed by atoms with E-state index in [1.165, 1.54) is 29.5 Å². The summed E-state index contributed by atoms with van der Waals surface area (Å²) >= 11 is 0. The zero-order chi connectivity index (χ0) is 14.7. The Bertz CT molecular complexity index is 405. The first kappa shape index (κ1) is 16.2. The molecule has 1 heteroatoms. The third-order valence-electron chi connectivity index (χ3n) is 3.49. The van der Waals surface area contributed by atoms with Gasteiger partial charge >= 0.3 is 0 Å². The average Bonchev–Trinajstić information content (AvgIpc) is 2.23. The molecular formula is C18H31N. The van der Waals surface area contributed by atoms with Crippen LogP contribution in [-0.4, -0.2) is 12.1 Å². The molecule has 1 aromatic carbocycles. The highest BCUT2D eigenvalue weighted by atomic mass is 14.9. The lowest BCUT2D eigenvalue weighted by atomic mass is 9.85. The van der Waals surface area contributed by atoms with Crippen molar-refractivity contribution in [1.82, 2.24) is 5.32 Å². The summed E-state index contributed by atoms with van der Waals surface area (Å²) in [6.45, 7) is 16.8. The molecule has 0 aromatic heterocycles. The Morgan fingerprint density at radius 3 is 2.11 bits per heavy atom. The highest BCUT2D eigenvalue weighted by Gasteiger charge is 2.14. The predicted octanol–water partition coefficient (Wildman–Crippen LogP) is 4.61. The number of benzene rings is 1. The van der Waals surface area contributed by atoms with Gasteiger partial charge < -0.3 is 5.32 Å². The molecule has 0 spiro atoms. The standard InChI is InChI=1S/C18H31N/c1-14-13-16(17(2,3)4)11-10-15(14)9-8-12-19-18(5,6)7/h10-11,13,19H,8-9,12H2,1-7H3. The molecule has 108 valence electrons. The van der Waals surface area contributed by atoms with Crippen LogP contribution in [0.4, 0.5) is 0 Å². The van der Waals surface area contributed by atoms with Gasteiger partial charge in [0, 0.05) is 5.54 Å².